The zero-order valence-electron chi connectivity index (χ0n) is 9.78. The summed E-state index contributed by atoms with van der Waals surface area (Å²) in [5.41, 5.74) is -0.542. The standard InChI is InChI=1S/C11H18N2O2/c1-6-7-9(8-12)13(5)10(14)15-11(2,3)4/h6,9H,1,7H2,2-5H3. The van der Waals surface area contributed by atoms with E-state index in [9.17, 15) is 4.79 Å². The summed E-state index contributed by atoms with van der Waals surface area (Å²) in [6.45, 7) is 8.89. The molecule has 0 aliphatic rings. The molecule has 0 aliphatic heterocycles. The molecule has 0 N–H and O–H groups in total. The van der Waals surface area contributed by atoms with Gasteiger partial charge >= 0.3 is 6.09 Å². The van der Waals surface area contributed by atoms with Crippen LogP contribution in [0.15, 0.2) is 12.7 Å². The fraction of sp³-hybridized carbons (Fsp3) is 0.636. The van der Waals surface area contributed by atoms with Crippen molar-refractivity contribution < 1.29 is 9.53 Å². The first-order chi connectivity index (χ1) is 6.81. The van der Waals surface area contributed by atoms with Crippen molar-refractivity contribution in [3.05, 3.63) is 12.7 Å². The molecule has 0 heterocycles. The van der Waals surface area contributed by atoms with Gasteiger partial charge in [-0.15, -0.1) is 6.58 Å². The molecule has 0 aromatic heterocycles. The Hall–Kier alpha value is -1.50. The summed E-state index contributed by atoms with van der Waals surface area (Å²) in [7, 11) is 1.55. The lowest BCUT2D eigenvalue weighted by molar-refractivity contribution is 0.0262. The lowest BCUT2D eigenvalue weighted by Crippen LogP contribution is -2.39. The first-order valence-electron chi connectivity index (χ1n) is 4.78. The fourth-order valence-electron chi connectivity index (χ4n) is 0.916. The molecule has 0 aromatic rings. The van der Waals surface area contributed by atoms with Crippen molar-refractivity contribution in [2.75, 3.05) is 7.05 Å². The molecule has 0 spiro atoms. The zero-order valence-corrected chi connectivity index (χ0v) is 9.78. The Labute approximate surface area is 91.1 Å². The summed E-state index contributed by atoms with van der Waals surface area (Å²) in [6.07, 6.45) is 1.55. The highest BCUT2D eigenvalue weighted by molar-refractivity contribution is 5.68. The van der Waals surface area contributed by atoms with E-state index in [4.69, 9.17) is 10.00 Å². The van der Waals surface area contributed by atoms with Crippen LogP contribution in [0, 0.1) is 11.3 Å². The van der Waals surface area contributed by atoms with E-state index in [0.29, 0.717) is 6.42 Å². The highest BCUT2D eigenvalue weighted by Gasteiger charge is 2.24. The maximum absolute atomic E-state index is 11.6. The van der Waals surface area contributed by atoms with Gasteiger partial charge in [-0.05, 0) is 27.2 Å². The van der Waals surface area contributed by atoms with E-state index >= 15 is 0 Å². The van der Waals surface area contributed by atoms with Gasteiger partial charge in [0.05, 0.1) is 6.07 Å². The molecule has 1 amide bonds. The molecule has 4 nitrogen and oxygen atoms in total. The minimum absolute atomic E-state index is 0.437. The summed E-state index contributed by atoms with van der Waals surface area (Å²) in [5, 5.41) is 8.83. The number of amides is 1. The monoisotopic (exact) mass is 210 g/mol. The van der Waals surface area contributed by atoms with Crippen LogP contribution in [-0.4, -0.2) is 29.7 Å². The van der Waals surface area contributed by atoms with Gasteiger partial charge in [-0.25, -0.2) is 4.79 Å². The molecule has 15 heavy (non-hydrogen) atoms. The van der Waals surface area contributed by atoms with Crippen LogP contribution in [0.3, 0.4) is 0 Å². The fourth-order valence-corrected chi connectivity index (χ4v) is 0.916. The Bertz CT molecular complexity index is 273. The molecule has 84 valence electrons. The number of carbonyl (C=O) groups is 1. The van der Waals surface area contributed by atoms with Crippen LogP contribution in [-0.2, 0) is 4.74 Å². The van der Waals surface area contributed by atoms with Gasteiger partial charge in [-0.2, -0.15) is 5.26 Å². The number of rotatable bonds is 3. The molecule has 0 radical (unpaired) electrons. The number of hydrogen-bond donors (Lipinski definition) is 0. The van der Waals surface area contributed by atoms with E-state index in [2.05, 4.69) is 6.58 Å². The zero-order chi connectivity index (χ0) is 12.1. The average Bonchev–Trinajstić information content (AvgIpc) is 2.10. The van der Waals surface area contributed by atoms with E-state index in [1.165, 1.54) is 4.90 Å². The molecule has 0 bridgehead atoms. The summed E-state index contributed by atoms with van der Waals surface area (Å²) in [4.78, 5) is 12.8. The van der Waals surface area contributed by atoms with Crippen molar-refractivity contribution >= 4 is 6.09 Å². The highest BCUT2D eigenvalue weighted by atomic mass is 16.6. The molecule has 1 atom stereocenters. The normalized spacial score (nSPS) is 12.5. The molecule has 1 unspecified atom stereocenters. The molecule has 0 aromatic carbocycles. The number of ether oxygens (including phenoxy) is 1. The maximum atomic E-state index is 11.6. The quantitative estimate of drug-likeness (QED) is 0.672. The second-order valence-electron chi connectivity index (χ2n) is 4.26. The van der Waals surface area contributed by atoms with Crippen LogP contribution in [0.4, 0.5) is 4.79 Å². The predicted molar refractivity (Wildman–Crippen MR) is 58.2 cm³/mol. The van der Waals surface area contributed by atoms with Crippen LogP contribution < -0.4 is 0 Å². The van der Waals surface area contributed by atoms with E-state index in [1.807, 2.05) is 6.07 Å². The van der Waals surface area contributed by atoms with Crippen LogP contribution in [0.1, 0.15) is 27.2 Å². The molecule has 0 rings (SSSR count). The molecule has 0 aliphatic carbocycles. The Kier molecular flexibility index (Phi) is 4.86. The van der Waals surface area contributed by atoms with Crippen molar-refractivity contribution in [3.8, 4) is 6.07 Å². The Balaban J connectivity index is 4.43. The number of hydrogen-bond acceptors (Lipinski definition) is 3. The van der Waals surface area contributed by atoms with Gasteiger partial charge in [0.15, 0.2) is 0 Å². The van der Waals surface area contributed by atoms with Crippen molar-refractivity contribution in [1.29, 1.82) is 5.26 Å². The lowest BCUT2D eigenvalue weighted by Gasteiger charge is -2.26. The van der Waals surface area contributed by atoms with Gasteiger partial charge in [0.1, 0.15) is 11.6 Å². The number of nitrogens with zero attached hydrogens (tertiary/aromatic N) is 2. The van der Waals surface area contributed by atoms with Gasteiger partial charge < -0.3 is 4.74 Å². The summed E-state index contributed by atoms with van der Waals surface area (Å²) in [6, 6.07) is 1.51. The third-order valence-electron chi connectivity index (χ3n) is 1.69. The SMILES string of the molecule is C=CCC(C#N)N(C)C(=O)OC(C)(C)C. The van der Waals surface area contributed by atoms with Crippen LogP contribution >= 0.6 is 0 Å². The van der Waals surface area contributed by atoms with Gasteiger partial charge in [0.2, 0.25) is 0 Å². The van der Waals surface area contributed by atoms with Crippen LogP contribution in [0.2, 0.25) is 0 Å². The predicted octanol–water partition coefficient (Wildman–Crippen LogP) is 2.32. The Morgan fingerprint density at radius 1 is 1.67 bits per heavy atom. The largest absolute Gasteiger partial charge is 0.444 e. The van der Waals surface area contributed by atoms with Gasteiger partial charge in [-0.3, -0.25) is 4.90 Å². The Morgan fingerprint density at radius 2 is 2.20 bits per heavy atom. The summed E-state index contributed by atoms with van der Waals surface area (Å²) < 4.78 is 5.13. The molecule has 0 saturated heterocycles. The van der Waals surface area contributed by atoms with E-state index in [-0.39, 0.29) is 0 Å². The first-order valence-corrected chi connectivity index (χ1v) is 4.78. The van der Waals surface area contributed by atoms with Crippen molar-refractivity contribution in [2.45, 2.75) is 38.8 Å². The molecular formula is C11H18N2O2. The lowest BCUT2D eigenvalue weighted by atomic mass is 10.2. The second kappa shape index (κ2) is 5.40. The van der Waals surface area contributed by atoms with Gasteiger partial charge in [-0.1, -0.05) is 6.08 Å². The third-order valence-corrected chi connectivity index (χ3v) is 1.69. The van der Waals surface area contributed by atoms with E-state index in [1.54, 1.807) is 33.9 Å². The van der Waals surface area contributed by atoms with Gasteiger partial charge in [0.25, 0.3) is 0 Å². The van der Waals surface area contributed by atoms with Crippen molar-refractivity contribution in [3.63, 3.8) is 0 Å². The number of nitriles is 1. The molecule has 4 heteroatoms. The van der Waals surface area contributed by atoms with Crippen molar-refractivity contribution in [1.82, 2.24) is 4.90 Å². The third kappa shape index (κ3) is 5.06. The van der Waals surface area contributed by atoms with E-state index in [0.717, 1.165) is 0 Å². The smallest absolute Gasteiger partial charge is 0.411 e. The minimum atomic E-state index is -0.542. The topological polar surface area (TPSA) is 53.3 Å². The highest BCUT2D eigenvalue weighted by Crippen LogP contribution is 2.11. The molecule has 0 fully saturated rings. The summed E-state index contributed by atoms with van der Waals surface area (Å²) in [5.74, 6) is 0. The minimum Gasteiger partial charge on any atom is -0.444 e. The van der Waals surface area contributed by atoms with Crippen LogP contribution in [0.5, 0.6) is 0 Å². The first kappa shape index (κ1) is 13.5. The van der Waals surface area contributed by atoms with E-state index < -0.39 is 17.7 Å². The average molecular weight is 210 g/mol. The molecular weight excluding hydrogens is 192 g/mol. The van der Waals surface area contributed by atoms with Crippen LogP contribution in [0.25, 0.3) is 0 Å². The Morgan fingerprint density at radius 3 is 2.53 bits per heavy atom. The number of carbonyl (C=O) groups excluding carboxylic acids is 1. The maximum Gasteiger partial charge on any atom is 0.411 e. The van der Waals surface area contributed by atoms with Gasteiger partial charge in [0, 0.05) is 7.05 Å². The van der Waals surface area contributed by atoms with Crippen molar-refractivity contribution in [2.24, 2.45) is 0 Å². The molecule has 0 saturated carbocycles. The second-order valence-corrected chi connectivity index (χ2v) is 4.26. The summed E-state index contributed by atoms with van der Waals surface area (Å²) >= 11 is 0.